The van der Waals surface area contributed by atoms with E-state index in [4.69, 9.17) is 10.5 Å². The Labute approximate surface area is 110 Å². The largest absolute Gasteiger partial charge is 0.496 e. The molecule has 0 bridgehead atoms. The van der Waals surface area contributed by atoms with Crippen molar-refractivity contribution in [1.29, 1.82) is 0 Å². The Hall–Kier alpha value is -1.43. The van der Waals surface area contributed by atoms with Gasteiger partial charge in [0.1, 0.15) is 5.75 Å². The zero-order valence-corrected chi connectivity index (χ0v) is 10.9. The zero-order valence-electron chi connectivity index (χ0n) is 10.9. The molecule has 0 unspecified atom stereocenters. The van der Waals surface area contributed by atoms with E-state index in [0.717, 1.165) is 5.56 Å². The highest BCUT2D eigenvalue weighted by Crippen LogP contribution is 2.22. The van der Waals surface area contributed by atoms with Crippen LogP contribution in [-0.4, -0.2) is 19.8 Å². The lowest BCUT2D eigenvalue weighted by atomic mass is 10.1. The number of rotatable bonds is 7. The minimum atomic E-state index is -4.06. The second-order valence-electron chi connectivity index (χ2n) is 4.32. The summed E-state index contributed by atoms with van der Waals surface area (Å²) in [6, 6.07) is 5.33. The molecule has 0 aliphatic rings. The van der Waals surface area contributed by atoms with Gasteiger partial charge in [-0.25, -0.2) is 0 Å². The van der Waals surface area contributed by atoms with Crippen molar-refractivity contribution < 1.29 is 17.9 Å². The summed E-state index contributed by atoms with van der Waals surface area (Å²) in [6.07, 6.45) is -4.13. The maximum atomic E-state index is 11.9. The third kappa shape index (κ3) is 6.33. The lowest BCUT2D eigenvalue weighted by Gasteiger charge is -2.10. The summed E-state index contributed by atoms with van der Waals surface area (Å²) >= 11 is 0. The third-order valence-corrected chi connectivity index (χ3v) is 2.69. The molecule has 0 radical (unpaired) electrons. The fourth-order valence-corrected chi connectivity index (χ4v) is 1.71. The number of nitrogens with two attached hydrogens (primary N) is 1. The number of halogens is 3. The number of benzene rings is 1. The Morgan fingerprint density at radius 1 is 1.26 bits per heavy atom. The van der Waals surface area contributed by atoms with Gasteiger partial charge in [-0.3, -0.25) is 0 Å². The van der Waals surface area contributed by atoms with Gasteiger partial charge in [0, 0.05) is 30.3 Å². The summed E-state index contributed by atoms with van der Waals surface area (Å²) in [5.74, 6) is 0.683. The van der Waals surface area contributed by atoms with Gasteiger partial charge in [-0.2, -0.15) is 13.2 Å². The molecule has 0 amide bonds. The van der Waals surface area contributed by atoms with E-state index >= 15 is 0 Å². The molecule has 108 valence electrons. The van der Waals surface area contributed by atoms with E-state index in [1.54, 1.807) is 19.2 Å². The predicted molar refractivity (Wildman–Crippen MR) is 69.0 cm³/mol. The van der Waals surface area contributed by atoms with Gasteiger partial charge in [-0.15, -0.1) is 0 Å². The quantitative estimate of drug-likeness (QED) is 0.594. The Bertz CT molecular complexity index is 394. The summed E-state index contributed by atoms with van der Waals surface area (Å²) in [4.78, 5) is 0. The molecule has 0 aromatic heterocycles. The molecule has 0 fully saturated rings. The molecular formula is C13H19F3N2O. The van der Waals surface area contributed by atoms with Crippen molar-refractivity contribution in [1.82, 2.24) is 5.32 Å². The van der Waals surface area contributed by atoms with Crippen molar-refractivity contribution in [3.05, 3.63) is 23.8 Å². The fourth-order valence-electron chi connectivity index (χ4n) is 1.71. The first kappa shape index (κ1) is 15.6. The van der Waals surface area contributed by atoms with Gasteiger partial charge in [0.05, 0.1) is 7.11 Å². The number of hydrogen-bond donors (Lipinski definition) is 2. The first-order valence-electron chi connectivity index (χ1n) is 6.12. The number of nitrogens with one attached hydrogen (secondary N) is 1. The van der Waals surface area contributed by atoms with Crippen LogP contribution in [0.2, 0.25) is 0 Å². The molecule has 0 saturated carbocycles. The van der Waals surface area contributed by atoms with E-state index in [1.165, 1.54) is 0 Å². The average molecular weight is 276 g/mol. The van der Waals surface area contributed by atoms with E-state index < -0.39 is 12.6 Å². The average Bonchev–Trinajstić information content (AvgIpc) is 2.33. The maximum absolute atomic E-state index is 11.9. The molecule has 1 rings (SSSR count). The van der Waals surface area contributed by atoms with E-state index in [2.05, 4.69) is 5.32 Å². The number of methoxy groups -OCH3 is 1. The molecule has 0 aliphatic carbocycles. The molecule has 6 heteroatoms. The zero-order chi connectivity index (χ0) is 14.3. The van der Waals surface area contributed by atoms with Crippen LogP contribution in [0.3, 0.4) is 0 Å². The molecule has 0 aliphatic heterocycles. The molecule has 3 nitrogen and oxygen atoms in total. The standard InChI is InChI=1S/C13H19F3N2O/c1-19-12-8-11(17)5-4-10(12)9-18-7-3-2-6-13(14,15)16/h4-5,8,18H,2-3,6-7,9,17H2,1H3. The Balaban J connectivity index is 2.26. The predicted octanol–water partition coefficient (Wildman–Crippen LogP) is 3.10. The molecule has 1 aromatic rings. The van der Waals surface area contributed by atoms with E-state index in [1.807, 2.05) is 6.07 Å². The van der Waals surface area contributed by atoms with Crippen molar-refractivity contribution in [2.24, 2.45) is 0 Å². The molecule has 3 N–H and O–H groups in total. The first-order valence-corrected chi connectivity index (χ1v) is 6.12. The number of hydrogen-bond acceptors (Lipinski definition) is 3. The summed E-state index contributed by atoms with van der Waals surface area (Å²) in [6.45, 7) is 1.10. The Morgan fingerprint density at radius 2 is 2.00 bits per heavy atom. The van der Waals surface area contributed by atoms with Crippen LogP contribution in [0.1, 0.15) is 24.8 Å². The molecule has 19 heavy (non-hydrogen) atoms. The first-order chi connectivity index (χ1) is 8.92. The van der Waals surface area contributed by atoms with Crippen molar-refractivity contribution in [3.8, 4) is 5.75 Å². The fraction of sp³-hybridized carbons (Fsp3) is 0.538. The lowest BCUT2D eigenvalue weighted by molar-refractivity contribution is -0.135. The van der Waals surface area contributed by atoms with Crippen LogP contribution in [-0.2, 0) is 6.54 Å². The van der Waals surface area contributed by atoms with E-state index in [0.29, 0.717) is 30.9 Å². The highest BCUT2D eigenvalue weighted by molar-refractivity contribution is 5.48. The molecule has 0 saturated heterocycles. The van der Waals surface area contributed by atoms with Crippen molar-refractivity contribution in [2.45, 2.75) is 32.0 Å². The smallest absolute Gasteiger partial charge is 0.389 e. The van der Waals surface area contributed by atoms with Gasteiger partial charge >= 0.3 is 6.18 Å². The Morgan fingerprint density at radius 3 is 2.63 bits per heavy atom. The minimum absolute atomic E-state index is 0.148. The number of nitrogen functional groups attached to an aromatic ring is 1. The van der Waals surface area contributed by atoms with Gasteiger partial charge in [0.2, 0.25) is 0 Å². The topological polar surface area (TPSA) is 47.3 Å². The molecule has 1 aromatic carbocycles. The second kappa shape index (κ2) is 7.23. The van der Waals surface area contributed by atoms with Gasteiger partial charge < -0.3 is 15.8 Å². The van der Waals surface area contributed by atoms with Crippen LogP contribution in [0.15, 0.2) is 18.2 Å². The maximum Gasteiger partial charge on any atom is 0.389 e. The van der Waals surface area contributed by atoms with Crippen LogP contribution < -0.4 is 15.8 Å². The number of alkyl halides is 3. The van der Waals surface area contributed by atoms with Crippen LogP contribution in [0.4, 0.5) is 18.9 Å². The summed E-state index contributed by atoms with van der Waals surface area (Å²) < 4.78 is 40.9. The molecule has 0 heterocycles. The highest BCUT2D eigenvalue weighted by atomic mass is 19.4. The second-order valence-corrected chi connectivity index (χ2v) is 4.32. The minimum Gasteiger partial charge on any atom is -0.496 e. The third-order valence-electron chi connectivity index (χ3n) is 2.69. The summed E-state index contributed by atoms with van der Waals surface area (Å²) in [5, 5.41) is 3.09. The molecule has 0 atom stereocenters. The normalized spacial score (nSPS) is 11.6. The van der Waals surface area contributed by atoms with Gasteiger partial charge in [-0.05, 0) is 25.5 Å². The van der Waals surface area contributed by atoms with Crippen molar-refractivity contribution in [2.75, 3.05) is 19.4 Å². The van der Waals surface area contributed by atoms with Crippen LogP contribution in [0.5, 0.6) is 5.75 Å². The number of unbranched alkanes of at least 4 members (excludes halogenated alkanes) is 1. The van der Waals surface area contributed by atoms with Gasteiger partial charge in [-0.1, -0.05) is 6.07 Å². The number of anilines is 1. The monoisotopic (exact) mass is 276 g/mol. The van der Waals surface area contributed by atoms with Crippen LogP contribution in [0, 0.1) is 0 Å². The summed E-state index contributed by atoms with van der Waals surface area (Å²) in [7, 11) is 1.56. The summed E-state index contributed by atoms with van der Waals surface area (Å²) in [5.41, 5.74) is 7.19. The molecule has 0 spiro atoms. The lowest BCUT2D eigenvalue weighted by Crippen LogP contribution is -2.16. The Kier molecular flexibility index (Phi) is 5.95. The van der Waals surface area contributed by atoms with Crippen LogP contribution >= 0.6 is 0 Å². The molecular weight excluding hydrogens is 257 g/mol. The SMILES string of the molecule is COc1cc(N)ccc1CNCCCCC(F)(F)F. The van der Waals surface area contributed by atoms with E-state index in [9.17, 15) is 13.2 Å². The van der Waals surface area contributed by atoms with Crippen molar-refractivity contribution >= 4 is 5.69 Å². The van der Waals surface area contributed by atoms with Gasteiger partial charge in [0.25, 0.3) is 0 Å². The van der Waals surface area contributed by atoms with E-state index in [-0.39, 0.29) is 6.42 Å². The van der Waals surface area contributed by atoms with Crippen molar-refractivity contribution in [3.63, 3.8) is 0 Å². The number of ether oxygens (including phenoxy) is 1. The van der Waals surface area contributed by atoms with Crippen LogP contribution in [0.25, 0.3) is 0 Å². The highest BCUT2D eigenvalue weighted by Gasteiger charge is 2.25. The van der Waals surface area contributed by atoms with Gasteiger partial charge in [0.15, 0.2) is 0 Å².